The maximum Gasteiger partial charge on any atom is 0.192 e. The minimum absolute atomic E-state index is 0.834. The van der Waals surface area contributed by atoms with Crippen LogP contribution in [0.2, 0.25) is 0 Å². The van der Waals surface area contributed by atoms with Crippen LogP contribution in [0, 0.1) is 0 Å². The van der Waals surface area contributed by atoms with Crippen LogP contribution in [0.5, 0.6) is 11.5 Å². The summed E-state index contributed by atoms with van der Waals surface area (Å²) in [4.78, 5) is 0. The molecule has 4 aromatic rings. The quantitative estimate of drug-likeness (QED) is 0.259. The van der Waals surface area contributed by atoms with Gasteiger partial charge in [-0.15, -0.1) is 0 Å². The Kier molecular flexibility index (Phi) is 4.49. The Morgan fingerprint density at radius 3 is 1.33 bits per heavy atom. The van der Waals surface area contributed by atoms with Crippen molar-refractivity contribution in [2.75, 3.05) is 0 Å². The van der Waals surface area contributed by atoms with Crippen LogP contribution in [0.1, 0.15) is 0 Å². The second-order valence-corrected chi connectivity index (χ2v) is 6.35. The maximum atomic E-state index is 5.67. The molecule has 0 saturated heterocycles. The molecule has 4 rings (SSSR count). The van der Waals surface area contributed by atoms with Crippen LogP contribution >= 0.6 is 46.0 Å². The second-order valence-electron chi connectivity index (χ2n) is 5.47. The van der Waals surface area contributed by atoms with Gasteiger partial charge in [-0.1, -0.05) is 60.7 Å². The van der Waals surface area contributed by atoms with E-state index in [1.165, 1.54) is 10.8 Å². The van der Waals surface area contributed by atoms with E-state index in [-0.39, 0.29) is 0 Å². The lowest BCUT2D eigenvalue weighted by molar-refractivity contribution is 0.710. The molecule has 0 aliphatic rings. The van der Waals surface area contributed by atoms with Crippen molar-refractivity contribution in [2.45, 2.75) is 0 Å². The third-order valence-electron chi connectivity index (χ3n) is 4.20. The molecule has 0 aliphatic heterocycles. The summed E-state index contributed by atoms with van der Waals surface area (Å²) in [7, 11) is 0. The standard InChI is InChI=1S/C20H12I2O2/c21-23-17-11-9-13-5-1-3-7-15(13)19(17)20-16-8-4-2-6-14(16)10-12-18(20)24-22/h1-12H. The van der Waals surface area contributed by atoms with E-state index in [9.17, 15) is 0 Å². The van der Waals surface area contributed by atoms with Crippen molar-refractivity contribution in [2.24, 2.45) is 0 Å². The van der Waals surface area contributed by atoms with E-state index in [4.69, 9.17) is 6.13 Å². The molecular weight excluding hydrogens is 526 g/mol. The van der Waals surface area contributed by atoms with Crippen LogP contribution in [-0.2, 0) is 0 Å². The number of fused-ring (bicyclic) bond motifs is 2. The molecule has 0 aliphatic carbocycles. The molecule has 0 radical (unpaired) electrons. The minimum atomic E-state index is 0.834. The van der Waals surface area contributed by atoms with Crippen LogP contribution in [0.3, 0.4) is 0 Å². The Hall–Kier alpha value is -1.54. The van der Waals surface area contributed by atoms with Gasteiger partial charge in [0.2, 0.25) is 0 Å². The zero-order valence-corrected chi connectivity index (χ0v) is 16.8. The average molecular weight is 538 g/mol. The van der Waals surface area contributed by atoms with E-state index in [0.29, 0.717) is 0 Å². The van der Waals surface area contributed by atoms with Gasteiger partial charge in [-0.2, -0.15) is 0 Å². The third-order valence-corrected chi connectivity index (χ3v) is 5.15. The van der Waals surface area contributed by atoms with Gasteiger partial charge in [0.25, 0.3) is 0 Å². The molecule has 0 unspecified atom stereocenters. The van der Waals surface area contributed by atoms with E-state index in [2.05, 4.69) is 60.7 Å². The fourth-order valence-corrected chi connectivity index (χ4v) is 3.88. The van der Waals surface area contributed by atoms with Crippen LogP contribution in [-0.4, -0.2) is 0 Å². The Balaban J connectivity index is 2.21. The molecule has 0 bridgehead atoms. The molecule has 0 N–H and O–H groups in total. The molecule has 0 aromatic heterocycles. The van der Waals surface area contributed by atoms with Crippen molar-refractivity contribution in [3.8, 4) is 22.6 Å². The smallest absolute Gasteiger partial charge is 0.192 e. The average Bonchev–Trinajstić information content (AvgIpc) is 2.66. The van der Waals surface area contributed by atoms with E-state index in [1.807, 2.05) is 58.1 Å². The molecule has 0 fully saturated rings. The van der Waals surface area contributed by atoms with Crippen LogP contribution < -0.4 is 6.13 Å². The van der Waals surface area contributed by atoms with Crippen molar-refractivity contribution in [1.82, 2.24) is 0 Å². The van der Waals surface area contributed by atoms with Crippen molar-refractivity contribution < 1.29 is 6.13 Å². The van der Waals surface area contributed by atoms with Crippen LogP contribution in [0.15, 0.2) is 72.8 Å². The lowest BCUT2D eigenvalue weighted by atomic mass is 9.92. The molecule has 24 heavy (non-hydrogen) atoms. The van der Waals surface area contributed by atoms with Gasteiger partial charge in [-0.3, -0.25) is 0 Å². The van der Waals surface area contributed by atoms with Crippen molar-refractivity contribution in [3.05, 3.63) is 72.8 Å². The fourth-order valence-electron chi connectivity index (χ4n) is 3.15. The van der Waals surface area contributed by atoms with Gasteiger partial charge in [0.15, 0.2) is 46.0 Å². The molecule has 0 atom stereocenters. The van der Waals surface area contributed by atoms with Gasteiger partial charge in [-0.25, -0.2) is 0 Å². The first-order valence-electron chi connectivity index (χ1n) is 7.44. The first kappa shape index (κ1) is 16.0. The van der Waals surface area contributed by atoms with Crippen molar-refractivity contribution >= 4 is 67.6 Å². The topological polar surface area (TPSA) is 18.5 Å². The normalized spacial score (nSPS) is 10.9. The zero-order chi connectivity index (χ0) is 16.5. The number of rotatable bonds is 3. The summed E-state index contributed by atoms with van der Waals surface area (Å²) in [5.41, 5.74) is 2.12. The summed E-state index contributed by atoms with van der Waals surface area (Å²) >= 11 is 3.89. The summed E-state index contributed by atoms with van der Waals surface area (Å²) in [6, 6.07) is 24.9. The Morgan fingerprint density at radius 2 is 0.917 bits per heavy atom. The van der Waals surface area contributed by atoms with E-state index in [0.717, 1.165) is 33.4 Å². The molecule has 0 saturated carbocycles. The molecule has 0 amide bonds. The second kappa shape index (κ2) is 6.76. The lowest BCUT2D eigenvalue weighted by Crippen LogP contribution is -1.90. The van der Waals surface area contributed by atoms with Gasteiger partial charge >= 0.3 is 0 Å². The first-order valence-corrected chi connectivity index (χ1v) is 9.20. The predicted octanol–water partition coefficient (Wildman–Crippen LogP) is 7.12. The van der Waals surface area contributed by atoms with Gasteiger partial charge in [0.05, 0.1) is 0 Å². The molecule has 118 valence electrons. The van der Waals surface area contributed by atoms with Crippen LogP contribution in [0.4, 0.5) is 0 Å². The number of hydrogen-bond donors (Lipinski definition) is 0. The largest absolute Gasteiger partial charge is 0.427 e. The zero-order valence-electron chi connectivity index (χ0n) is 12.5. The molecule has 4 aromatic carbocycles. The lowest BCUT2D eigenvalue weighted by Gasteiger charge is -2.16. The summed E-state index contributed by atoms with van der Waals surface area (Å²) in [5, 5.41) is 4.66. The number of benzene rings is 4. The van der Waals surface area contributed by atoms with Gasteiger partial charge < -0.3 is 6.13 Å². The van der Waals surface area contributed by atoms with Gasteiger partial charge in [0, 0.05) is 11.1 Å². The van der Waals surface area contributed by atoms with Crippen molar-refractivity contribution in [1.29, 1.82) is 0 Å². The van der Waals surface area contributed by atoms with Crippen LogP contribution in [0.25, 0.3) is 32.7 Å². The number of hydrogen-bond acceptors (Lipinski definition) is 2. The van der Waals surface area contributed by atoms with E-state index in [1.54, 1.807) is 0 Å². The molecule has 2 nitrogen and oxygen atoms in total. The highest BCUT2D eigenvalue weighted by molar-refractivity contribution is 14.1. The summed E-state index contributed by atoms with van der Waals surface area (Å²) in [6.45, 7) is 0. The highest BCUT2D eigenvalue weighted by Crippen LogP contribution is 2.46. The Bertz CT molecular complexity index is 959. The molecule has 4 heteroatoms. The van der Waals surface area contributed by atoms with E-state index >= 15 is 0 Å². The Morgan fingerprint density at radius 1 is 0.500 bits per heavy atom. The summed E-state index contributed by atoms with van der Waals surface area (Å²) < 4.78 is 11.3. The van der Waals surface area contributed by atoms with Gasteiger partial charge in [-0.05, 0) is 33.7 Å². The highest BCUT2D eigenvalue weighted by atomic mass is 127. The SMILES string of the molecule is IOc1ccc2ccccc2c1-c1c(OI)ccc2ccccc12. The first-order chi connectivity index (χ1) is 11.8. The van der Waals surface area contributed by atoms with E-state index < -0.39 is 0 Å². The minimum Gasteiger partial charge on any atom is -0.427 e. The summed E-state index contributed by atoms with van der Waals surface area (Å²) in [5.74, 6) is 1.67. The molecule has 0 spiro atoms. The molecular formula is C20H12I2O2. The fraction of sp³-hybridized carbons (Fsp3) is 0. The maximum absolute atomic E-state index is 5.67. The third kappa shape index (κ3) is 2.61. The van der Waals surface area contributed by atoms with Gasteiger partial charge in [0.1, 0.15) is 11.5 Å². The highest BCUT2D eigenvalue weighted by Gasteiger charge is 2.18. The predicted molar refractivity (Wildman–Crippen MR) is 116 cm³/mol. The number of halogens is 2. The Labute approximate surface area is 168 Å². The van der Waals surface area contributed by atoms with Crippen molar-refractivity contribution in [3.63, 3.8) is 0 Å². The summed E-state index contributed by atoms with van der Waals surface area (Å²) in [6.07, 6.45) is 0. The molecule has 0 heterocycles. The monoisotopic (exact) mass is 538 g/mol.